The first-order valence-electron chi connectivity index (χ1n) is 5.78. The van der Waals surface area contributed by atoms with Crippen molar-refractivity contribution in [3.8, 4) is 11.5 Å². The Hall–Kier alpha value is -1.59. The van der Waals surface area contributed by atoms with E-state index in [1.54, 1.807) is 6.07 Å². The lowest BCUT2D eigenvalue weighted by Gasteiger charge is -2.11. The molecule has 0 aliphatic rings. The third-order valence-electron chi connectivity index (χ3n) is 2.75. The van der Waals surface area contributed by atoms with Gasteiger partial charge in [0.2, 0.25) is 0 Å². The maximum absolute atomic E-state index is 10.8. The average Bonchev–Trinajstić information content (AvgIpc) is 2.43. The van der Waals surface area contributed by atoms with Gasteiger partial charge in [0.05, 0.1) is 15.5 Å². The molecule has 104 valence electrons. The van der Waals surface area contributed by atoms with E-state index in [1.165, 1.54) is 12.1 Å². The maximum atomic E-state index is 10.8. The number of hydrogen-bond acceptors (Lipinski definition) is 3. The molecule has 0 saturated carbocycles. The van der Waals surface area contributed by atoms with Crippen molar-refractivity contribution in [2.24, 2.45) is 0 Å². The lowest BCUT2D eigenvalue weighted by molar-refractivity contribution is -0.384. The molecule has 0 fully saturated rings. The van der Waals surface area contributed by atoms with E-state index in [9.17, 15) is 10.1 Å². The van der Waals surface area contributed by atoms with Gasteiger partial charge in [0.1, 0.15) is 11.5 Å². The SMILES string of the molecule is Cc1ccc(CCl)cc1Oc1cc([N+](=O)[O-])ccc1Br. The van der Waals surface area contributed by atoms with E-state index < -0.39 is 4.92 Å². The van der Waals surface area contributed by atoms with Crippen molar-refractivity contribution in [3.63, 3.8) is 0 Å². The fourth-order valence-corrected chi connectivity index (χ4v) is 2.13. The van der Waals surface area contributed by atoms with Crippen molar-refractivity contribution in [2.75, 3.05) is 0 Å². The Morgan fingerprint density at radius 1 is 1.25 bits per heavy atom. The molecule has 0 atom stereocenters. The van der Waals surface area contributed by atoms with Crippen LogP contribution in [0.25, 0.3) is 0 Å². The molecule has 6 heteroatoms. The Bertz CT molecular complexity index is 661. The van der Waals surface area contributed by atoms with E-state index in [-0.39, 0.29) is 5.69 Å². The van der Waals surface area contributed by atoms with Crippen LogP contribution < -0.4 is 4.74 Å². The second kappa shape index (κ2) is 6.24. The van der Waals surface area contributed by atoms with Crippen LogP contribution >= 0.6 is 27.5 Å². The topological polar surface area (TPSA) is 52.4 Å². The monoisotopic (exact) mass is 355 g/mol. The van der Waals surface area contributed by atoms with Gasteiger partial charge in [-0.15, -0.1) is 11.6 Å². The van der Waals surface area contributed by atoms with Gasteiger partial charge in [0.25, 0.3) is 5.69 Å². The van der Waals surface area contributed by atoms with E-state index in [4.69, 9.17) is 16.3 Å². The zero-order chi connectivity index (χ0) is 14.7. The molecule has 0 spiro atoms. The molecule has 0 saturated heterocycles. The van der Waals surface area contributed by atoms with Crippen LogP contribution in [0.1, 0.15) is 11.1 Å². The van der Waals surface area contributed by atoms with Crippen LogP contribution in [0.5, 0.6) is 11.5 Å². The Balaban J connectivity index is 2.38. The van der Waals surface area contributed by atoms with Crippen LogP contribution in [0.3, 0.4) is 0 Å². The fourth-order valence-electron chi connectivity index (χ4n) is 1.64. The number of hydrogen-bond donors (Lipinski definition) is 0. The Morgan fingerprint density at radius 3 is 2.65 bits per heavy atom. The van der Waals surface area contributed by atoms with Gasteiger partial charge in [-0.3, -0.25) is 10.1 Å². The van der Waals surface area contributed by atoms with Gasteiger partial charge in [-0.05, 0) is 46.1 Å². The average molecular weight is 357 g/mol. The molecule has 0 N–H and O–H groups in total. The highest BCUT2D eigenvalue weighted by Crippen LogP contribution is 2.34. The number of nitro benzene ring substituents is 1. The summed E-state index contributed by atoms with van der Waals surface area (Å²) in [5, 5.41) is 10.8. The van der Waals surface area contributed by atoms with Crippen molar-refractivity contribution in [1.82, 2.24) is 0 Å². The van der Waals surface area contributed by atoms with Gasteiger partial charge in [-0.1, -0.05) is 12.1 Å². The second-order valence-corrected chi connectivity index (χ2v) is 5.33. The van der Waals surface area contributed by atoms with Crippen molar-refractivity contribution >= 4 is 33.2 Å². The number of rotatable bonds is 4. The summed E-state index contributed by atoms with van der Waals surface area (Å²) < 4.78 is 6.41. The summed E-state index contributed by atoms with van der Waals surface area (Å²) in [6.45, 7) is 1.90. The number of ether oxygens (including phenoxy) is 1. The zero-order valence-electron chi connectivity index (χ0n) is 10.6. The minimum Gasteiger partial charge on any atom is -0.456 e. The van der Waals surface area contributed by atoms with Crippen molar-refractivity contribution in [1.29, 1.82) is 0 Å². The van der Waals surface area contributed by atoms with Crippen molar-refractivity contribution in [3.05, 3.63) is 62.1 Å². The first-order valence-corrected chi connectivity index (χ1v) is 7.11. The van der Waals surface area contributed by atoms with Gasteiger partial charge in [0.15, 0.2) is 0 Å². The van der Waals surface area contributed by atoms with Gasteiger partial charge in [-0.25, -0.2) is 0 Å². The fraction of sp³-hybridized carbons (Fsp3) is 0.143. The molecular weight excluding hydrogens is 346 g/mol. The molecule has 0 heterocycles. The second-order valence-electron chi connectivity index (χ2n) is 4.21. The van der Waals surface area contributed by atoms with Crippen molar-refractivity contribution in [2.45, 2.75) is 12.8 Å². The summed E-state index contributed by atoms with van der Waals surface area (Å²) in [6, 6.07) is 10.0. The van der Waals surface area contributed by atoms with Gasteiger partial charge >= 0.3 is 0 Å². The number of nitrogens with zero attached hydrogens (tertiary/aromatic N) is 1. The molecule has 2 aromatic rings. The molecule has 20 heavy (non-hydrogen) atoms. The van der Waals surface area contributed by atoms with E-state index in [1.807, 2.05) is 25.1 Å². The smallest absolute Gasteiger partial charge is 0.273 e. The van der Waals surface area contributed by atoms with E-state index >= 15 is 0 Å². The lowest BCUT2D eigenvalue weighted by Crippen LogP contribution is -1.93. The van der Waals surface area contributed by atoms with Crippen LogP contribution in [0, 0.1) is 17.0 Å². The summed E-state index contributed by atoms with van der Waals surface area (Å²) in [4.78, 5) is 10.3. The van der Waals surface area contributed by atoms with E-state index in [2.05, 4.69) is 15.9 Å². The molecule has 0 amide bonds. The third kappa shape index (κ3) is 3.29. The molecule has 4 nitrogen and oxygen atoms in total. The zero-order valence-corrected chi connectivity index (χ0v) is 12.9. The van der Waals surface area contributed by atoms with Gasteiger partial charge in [0, 0.05) is 11.9 Å². The predicted molar refractivity (Wildman–Crippen MR) is 81.6 cm³/mol. The van der Waals surface area contributed by atoms with Crippen LogP contribution in [0.2, 0.25) is 0 Å². The highest BCUT2D eigenvalue weighted by molar-refractivity contribution is 9.10. The Kier molecular flexibility index (Phi) is 4.62. The largest absolute Gasteiger partial charge is 0.456 e. The predicted octanol–water partition coefficient (Wildman–Crippen LogP) is 5.20. The minimum absolute atomic E-state index is 0.0191. The highest BCUT2D eigenvalue weighted by atomic mass is 79.9. The quantitative estimate of drug-likeness (QED) is 0.430. The molecule has 0 unspecified atom stereocenters. The summed E-state index contributed by atoms with van der Waals surface area (Å²) in [5.74, 6) is 1.41. The van der Waals surface area contributed by atoms with Gasteiger partial charge in [-0.2, -0.15) is 0 Å². The van der Waals surface area contributed by atoms with Crippen LogP contribution in [0.4, 0.5) is 5.69 Å². The van der Waals surface area contributed by atoms with Crippen LogP contribution in [-0.4, -0.2) is 4.92 Å². The molecular formula is C14H11BrClNO3. The van der Waals surface area contributed by atoms with E-state index in [0.29, 0.717) is 21.9 Å². The standard InChI is InChI=1S/C14H11BrClNO3/c1-9-2-3-10(8-16)6-13(9)20-14-7-11(17(18)19)4-5-12(14)15/h2-7H,8H2,1H3. The summed E-state index contributed by atoms with van der Waals surface area (Å²) in [5.41, 5.74) is 1.83. The number of benzene rings is 2. The summed E-state index contributed by atoms with van der Waals surface area (Å²) in [7, 11) is 0. The number of aryl methyl sites for hydroxylation is 1. The van der Waals surface area contributed by atoms with Gasteiger partial charge < -0.3 is 4.74 Å². The molecule has 0 aliphatic heterocycles. The number of halogens is 2. The lowest BCUT2D eigenvalue weighted by atomic mass is 10.1. The Morgan fingerprint density at radius 2 is 2.00 bits per heavy atom. The number of nitro groups is 1. The summed E-state index contributed by atoms with van der Waals surface area (Å²) in [6.07, 6.45) is 0. The first-order chi connectivity index (χ1) is 9.51. The van der Waals surface area contributed by atoms with Crippen molar-refractivity contribution < 1.29 is 9.66 Å². The molecule has 0 aromatic heterocycles. The molecule has 0 aliphatic carbocycles. The van der Waals surface area contributed by atoms with Crippen LogP contribution in [0.15, 0.2) is 40.9 Å². The molecule has 2 rings (SSSR count). The number of non-ortho nitro benzene ring substituents is 1. The first kappa shape index (κ1) is 14.8. The van der Waals surface area contributed by atoms with E-state index in [0.717, 1.165) is 11.1 Å². The highest BCUT2D eigenvalue weighted by Gasteiger charge is 2.12. The normalized spacial score (nSPS) is 10.3. The molecule has 2 aromatic carbocycles. The Labute approximate surface area is 129 Å². The van der Waals surface area contributed by atoms with Crippen LogP contribution in [-0.2, 0) is 5.88 Å². The minimum atomic E-state index is -0.457. The maximum Gasteiger partial charge on any atom is 0.273 e. The summed E-state index contributed by atoms with van der Waals surface area (Å²) >= 11 is 9.12. The molecule has 0 bridgehead atoms. The molecule has 0 radical (unpaired) electrons. The third-order valence-corrected chi connectivity index (χ3v) is 3.72. The number of alkyl halides is 1.